The number of fused-ring (bicyclic) bond motifs is 1. The van der Waals surface area contributed by atoms with Crippen LogP contribution in [0.5, 0.6) is 0 Å². The highest BCUT2D eigenvalue weighted by Gasteiger charge is 2.24. The van der Waals surface area contributed by atoms with Crippen molar-refractivity contribution in [1.29, 1.82) is 0 Å². The van der Waals surface area contributed by atoms with E-state index < -0.39 is 17.9 Å². The summed E-state index contributed by atoms with van der Waals surface area (Å²) in [4.78, 5) is 43.5. The summed E-state index contributed by atoms with van der Waals surface area (Å²) in [5.74, 6) is -1.78. The van der Waals surface area contributed by atoms with Gasteiger partial charge in [0.05, 0.1) is 4.47 Å². The van der Waals surface area contributed by atoms with Gasteiger partial charge >= 0.3 is 5.97 Å². The summed E-state index contributed by atoms with van der Waals surface area (Å²) in [5, 5.41) is 15.9. The van der Waals surface area contributed by atoms with Crippen molar-refractivity contribution in [2.24, 2.45) is 16.5 Å². The molecule has 3 aromatic rings. The fourth-order valence-corrected chi connectivity index (χ4v) is 4.11. The van der Waals surface area contributed by atoms with Gasteiger partial charge in [0.2, 0.25) is 5.91 Å². The number of nitrogens with two attached hydrogens (primary N) is 2. The minimum atomic E-state index is -1.15. The van der Waals surface area contributed by atoms with Crippen LogP contribution in [0, 0.1) is 0 Å². The van der Waals surface area contributed by atoms with Crippen LogP contribution < -0.4 is 22.1 Å². The molecule has 2 aromatic carbocycles. The average molecular weight is 543 g/mol. The predicted octanol–water partition coefficient (Wildman–Crippen LogP) is 2.74. The second-order valence-corrected chi connectivity index (χ2v) is 8.73. The highest BCUT2D eigenvalue weighted by molar-refractivity contribution is 9.10. The number of carbonyl (C=O) groups is 3. The molecule has 8 N–H and O–H groups in total. The number of halogens is 1. The van der Waals surface area contributed by atoms with Gasteiger partial charge in [0.25, 0.3) is 5.91 Å². The molecule has 0 saturated heterocycles. The Balaban J connectivity index is 1.55. The molecule has 0 aliphatic rings. The van der Waals surface area contributed by atoms with Crippen LogP contribution in [0.25, 0.3) is 10.9 Å². The fraction of sp³-hybridized carbons (Fsp3) is 0.250. The maximum atomic E-state index is 12.8. The number of H-pyrrole nitrogens is 1. The molecule has 1 aromatic heterocycles. The van der Waals surface area contributed by atoms with Crippen LogP contribution >= 0.6 is 15.9 Å². The van der Waals surface area contributed by atoms with Gasteiger partial charge in [-0.15, -0.1) is 0 Å². The zero-order valence-electron chi connectivity index (χ0n) is 18.9. The molecular weight excluding hydrogens is 516 g/mol. The molecule has 0 aliphatic heterocycles. The van der Waals surface area contributed by atoms with Crippen molar-refractivity contribution in [2.75, 3.05) is 11.9 Å². The van der Waals surface area contributed by atoms with E-state index in [0.717, 1.165) is 10.9 Å². The summed E-state index contributed by atoms with van der Waals surface area (Å²) in [6.07, 6.45) is 1.75. The monoisotopic (exact) mass is 542 g/mol. The summed E-state index contributed by atoms with van der Waals surface area (Å²) in [5.41, 5.74) is 12.8. The van der Waals surface area contributed by atoms with Crippen molar-refractivity contribution in [3.05, 3.63) is 64.3 Å². The maximum Gasteiger partial charge on any atom is 0.326 e. The number of carboxylic acids is 1. The Morgan fingerprint density at radius 3 is 2.43 bits per heavy atom. The normalized spacial score (nSPS) is 11.6. The molecule has 1 unspecified atom stereocenters. The number of carbonyl (C=O) groups excluding carboxylic acids is 2. The number of unbranched alkanes of at least 4 members (excludes halogenated alkanes) is 1. The number of hydrogen-bond donors (Lipinski definition) is 6. The highest BCUT2D eigenvalue weighted by Crippen LogP contribution is 2.27. The summed E-state index contributed by atoms with van der Waals surface area (Å²) in [7, 11) is 0. The number of nitrogens with one attached hydrogen (secondary N) is 3. The van der Waals surface area contributed by atoms with Crippen LogP contribution in [0.3, 0.4) is 0 Å². The average Bonchev–Trinajstić information content (AvgIpc) is 3.16. The van der Waals surface area contributed by atoms with E-state index in [0.29, 0.717) is 41.5 Å². The predicted molar refractivity (Wildman–Crippen MR) is 138 cm³/mol. The van der Waals surface area contributed by atoms with Crippen LogP contribution in [0.2, 0.25) is 0 Å². The van der Waals surface area contributed by atoms with Crippen molar-refractivity contribution < 1.29 is 19.5 Å². The van der Waals surface area contributed by atoms with E-state index in [1.54, 1.807) is 24.3 Å². The van der Waals surface area contributed by atoms with Gasteiger partial charge in [-0.3, -0.25) is 14.6 Å². The molecule has 0 radical (unpaired) electrons. The summed E-state index contributed by atoms with van der Waals surface area (Å²) < 4.78 is 0.575. The van der Waals surface area contributed by atoms with Gasteiger partial charge < -0.3 is 32.2 Å². The number of aliphatic imine (C=N–C) groups is 1. The number of para-hydroxylation sites is 1. The molecule has 10 nitrogen and oxygen atoms in total. The summed E-state index contributed by atoms with van der Waals surface area (Å²) in [6, 6.07) is 13.1. The number of amides is 2. The first-order valence-corrected chi connectivity index (χ1v) is 11.8. The SMILES string of the molecule is NC(N)=NCCCCC(=O)Nc1ccc(CC(NC(=O)c2[nH]c3ccccc3c2Br)C(=O)O)cc1. The van der Waals surface area contributed by atoms with E-state index in [4.69, 9.17) is 11.5 Å². The first-order chi connectivity index (χ1) is 16.7. The first-order valence-electron chi connectivity index (χ1n) is 11.0. The minimum absolute atomic E-state index is 0.0324. The smallest absolute Gasteiger partial charge is 0.326 e. The molecule has 3 rings (SSSR count). The van der Waals surface area contributed by atoms with E-state index in [2.05, 4.69) is 36.5 Å². The van der Waals surface area contributed by atoms with Crippen LogP contribution in [-0.4, -0.2) is 46.4 Å². The number of aliphatic carboxylic acids is 1. The molecule has 2 amide bonds. The fourth-order valence-electron chi connectivity index (χ4n) is 3.48. The molecule has 0 bridgehead atoms. The van der Waals surface area contributed by atoms with Gasteiger partial charge in [-0.2, -0.15) is 0 Å². The lowest BCUT2D eigenvalue weighted by Gasteiger charge is -2.15. The number of guanidine groups is 1. The first kappa shape index (κ1) is 25.8. The van der Waals surface area contributed by atoms with E-state index in [1.165, 1.54) is 0 Å². The lowest BCUT2D eigenvalue weighted by atomic mass is 10.1. The zero-order chi connectivity index (χ0) is 25.4. The Hall–Kier alpha value is -3.86. The van der Waals surface area contributed by atoms with Crippen LogP contribution in [0.1, 0.15) is 35.3 Å². The van der Waals surface area contributed by atoms with E-state index in [1.807, 2.05) is 24.3 Å². The summed E-state index contributed by atoms with van der Waals surface area (Å²) in [6.45, 7) is 0.475. The Kier molecular flexibility index (Phi) is 8.85. The van der Waals surface area contributed by atoms with Crippen molar-refractivity contribution in [3.8, 4) is 0 Å². The number of rotatable bonds is 11. The van der Waals surface area contributed by atoms with Gasteiger partial charge in [0.15, 0.2) is 5.96 Å². The van der Waals surface area contributed by atoms with Crippen LogP contribution in [0.15, 0.2) is 58.0 Å². The van der Waals surface area contributed by atoms with Crippen molar-refractivity contribution >= 4 is 56.3 Å². The molecular formula is C24H27BrN6O4. The third-order valence-electron chi connectivity index (χ3n) is 5.26. The van der Waals surface area contributed by atoms with Gasteiger partial charge in [-0.05, 0) is 52.5 Å². The third-order valence-corrected chi connectivity index (χ3v) is 6.08. The maximum absolute atomic E-state index is 12.8. The molecule has 1 atom stereocenters. The lowest BCUT2D eigenvalue weighted by molar-refractivity contribution is -0.139. The quantitative estimate of drug-likeness (QED) is 0.123. The molecule has 11 heteroatoms. The third kappa shape index (κ3) is 7.31. The van der Waals surface area contributed by atoms with E-state index in [-0.39, 0.29) is 24.0 Å². The minimum Gasteiger partial charge on any atom is -0.480 e. The number of carboxylic acid groups (broad SMARTS) is 1. The Labute approximate surface area is 210 Å². The number of hydrogen-bond acceptors (Lipinski definition) is 4. The molecule has 0 fully saturated rings. The number of aromatic nitrogens is 1. The second-order valence-electron chi connectivity index (χ2n) is 7.94. The van der Waals surface area contributed by atoms with Gasteiger partial charge in [0, 0.05) is 36.0 Å². The zero-order valence-corrected chi connectivity index (χ0v) is 20.5. The number of anilines is 1. The van der Waals surface area contributed by atoms with Gasteiger partial charge in [-0.1, -0.05) is 30.3 Å². The Bertz CT molecular complexity index is 1230. The van der Waals surface area contributed by atoms with Crippen molar-refractivity contribution in [3.63, 3.8) is 0 Å². The highest BCUT2D eigenvalue weighted by atomic mass is 79.9. The summed E-state index contributed by atoms with van der Waals surface area (Å²) >= 11 is 3.41. The lowest BCUT2D eigenvalue weighted by Crippen LogP contribution is -2.42. The topological polar surface area (TPSA) is 176 Å². The number of benzene rings is 2. The van der Waals surface area contributed by atoms with Crippen LogP contribution in [0.4, 0.5) is 5.69 Å². The van der Waals surface area contributed by atoms with Gasteiger partial charge in [0.1, 0.15) is 11.7 Å². The van der Waals surface area contributed by atoms with Crippen LogP contribution in [-0.2, 0) is 16.0 Å². The molecule has 0 saturated carbocycles. The standard InChI is InChI=1S/C24H27BrN6O4/c25-20-16-5-1-2-6-17(16)30-21(20)22(33)31-18(23(34)35)13-14-8-10-15(11-9-14)29-19(32)7-3-4-12-28-24(26)27/h1-2,5-6,8-11,18,30H,3-4,7,12-13H2,(H,29,32)(H,31,33)(H,34,35)(H4,26,27,28). The molecule has 1 heterocycles. The number of aromatic amines is 1. The second kappa shape index (κ2) is 12.0. The molecule has 35 heavy (non-hydrogen) atoms. The Morgan fingerprint density at radius 2 is 1.77 bits per heavy atom. The van der Waals surface area contributed by atoms with E-state index >= 15 is 0 Å². The molecule has 0 spiro atoms. The molecule has 184 valence electrons. The van der Waals surface area contributed by atoms with E-state index in [9.17, 15) is 19.5 Å². The Morgan fingerprint density at radius 1 is 1.06 bits per heavy atom. The van der Waals surface area contributed by atoms with Crippen molar-refractivity contribution in [2.45, 2.75) is 31.7 Å². The molecule has 0 aliphatic carbocycles. The largest absolute Gasteiger partial charge is 0.480 e. The van der Waals surface area contributed by atoms with Gasteiger partial charge in [-0.25, -0.2) is 4.79 Å². The van der Waals surface area contributed by atoms with Crippen molar-refractivity contribution in [1.82, 2.24) is 10.3 Å². The number of nitrogens with zero attached hydrogens (tertiary/aromatic N) is 1.